The summed E-state index contributed by atoms with van der Waals surface area (Å²) in [5.41, 5.74) is 0.0904. The molecule has 0 spiro atoms. The van der Waals surface area contributed by atoms with Crippen molar-refractivity contribution >= 4 is 28.1 Å². The van der Waals surface area contributed by atoms with Gasteiger partial charge in [-0.3, -0.25) is 14.6 Å². The van der Waals surface area contributed by atoms with E-state index in [1.807, 2.05) is 0 Å². The topological polar surface area (TPSA) is 136 Å². The third-order valence-electron chi connectivity index (χ3n) is 3.41. The van der Waals surface area contributed by atoms with Crippen molar-refractivity contribution in [2.24, 2.45) is 0 Å². The zero-order chi connectivity index (χ0) is 19.3. The summed E-state index contributed by atoms with van der Waals surface area (Å²) in [4.78, 5) is 12.1. The van der Waals surface area contributed by atoms with Crippen LogP contribution in [0.15, 0.2) is 47.4 Å². The Hall–Kier alpha value is -2.50. The summed E-state index contributed by atoms with van der Waals surface area (Å²) in [6, 6.07) is 9.33. The summed E-state index contributed by atoms with van der Waals surface area (Å²) in [5.74, 6) is -0.762. The summed E-state index contributed by atoms with van der Waals surface area (Å²) in [6.45, 7) is 1.79. The second-order valence-corrected chi connectivity index (χ2v) is 6.54. The first-order valence-electron chi connectivity index (χ1n) is 7.44. The molecule has 0 saturated heterocycles. The van der Waals surface area contributed by atoms with Gasteiger partial charge < -0.3 is 25.6 Å². The van der Waals surface area contributed by atoms with Crippen LogP contribution in [0.5, 0.6) is 0 Å². The van der Waals surface area contributed by atoms with Crippen molar-refractivity contribution in [3.8, 4) is 0 Å². The molecule has 2 N–H and O–H groups in total. The number of anilines is 2. The predicted octanol–water partition coefficient (Wildman–Crippen LogP) is 2.56. The zero-order valence-corrected chi connectivity index (χ0v) is 14.5. The highest BCUT2D eigenvalue weighted by Crippen LogP contribution is 2.25. The van der Waals surface area contributed by atoms with E-state index in [1.54, 1.807) is 6.92 Å². The summed E-state index contributed by atoms with van der Waals surface area (Å²) in [6.07, 6.45) is 0. The summed E-state index contributed by atoms with van der Waals surface area (Å²) < 4.78 is 17.3. The number of carbonyl (C=O) groups is 1. The Bertz CT molecular complexity index is 794. The summed E-state index contributed by atoms with van der Waals surface area (Å²) >= 11 is 0. The van der Waals surface area contributed by atoms with Crippen LogP contribution in [-0.2, 0) is 21.3 Å². The van der Waals surface area contributed by atoms with Crippen LogP contribution in [0.3, 0.4) is 0 Å². The number of nitrogens with zero attached hydrogens (tertiary/aromatic N) is 2. The highest BCUT2D eigenvalue weighted by molar-refractivity contribution is 7.84. The molecule has 140 valence electrons. The van der Waals surface area contributed by atoms with E-state index in [-0.39, 0.29) is 40.1 Å². The Balaban J connectivity index is 2.24. The van der Waals surface area contributed by atoms with Crippen LogP contribution >= 0.6 is 0 Å². The molecule has 0 fully saturated rings. The molecule has 0 saturated carbocycles. The molecular formula is C16H16N2O7S-2. The molecule has 0 radical (unpaired) electrons. The highest BCUT2D eigenvalue weighted by atomic mass is 32.2. The minimum absolute atomic E-state index is 0.0219. The first-order chi connectivity index (χ1) is 12.3. The number of esters is 1. The number of benzene rings is 2. The van der Waals surface area contributed by atoms with Crippen molar-refractivity contribution in [3.63, 3.8) is 0 Å². The van der Waals surface area contributed by atoms with Crippen LogP contribution in [-0.4, -0.2) is 27.2 Å². The largest absolute Gasteiger partial charge is 0.733 e. The maximum atomic E-state index is 12.5. The molecule has 0 bridgehead atoms. The molecule has 0 aliphatic rings. The SMILES string of the molecule is CCOC(=O)c1ccc(CS(=O)c2ccc(N([O-])O)cc2)c(N([O-])O)c1. The monoisotopic (exact) mass is 380 g/mol. The van der Waals surface area contributed by atoms with Crippen LogP contribution in [0.25, 0.3) is 0 Å². The number of hydrogen-bond donors (Lipinski definition) is 2. The molecule has 0 aromatic heterocycles. The molecule has 0 aliphatic heterocycles. The third-order valence-corrected chi connectivity index (χ3v) is 4.78. The zero-order valence-electron chi connectivity index (χ0n) is 13.7. The predicted molar refractivity (Wildman–Crippen MR) is 94.2 cm³/mol. The standard InChI is InChI=1S/C16H16N2O7S/c1-2-25-16(19)11-3-4-12(15(9-11)18(22)23)10-26(24)14-7-5-13(6-8-14)17(20)21/h3-9,20,22H,2,10H2,1H3/q-2. The van der Waals surface area contributed by atoms with Crippen LogP contribution in [0.2, 0.25) is 0 Å². The second-order valence-electron chi connectivity index (χ2n) is 5.09. The Labute approximate surface area is 151 Å². The number of ether oxygens (including phenoxy) is 1. The smallest absolute Gasteiger partial charge is 0.338 e. The fourth-order valence-electron chi connectivity index (χ4n) is 2.16. The Morgan fingerprint density at radius 1 is 1.12 bits per heavy atom. The van der Waals surface area contributed by atoms with E-state index in [2.05, 4.69) is 0 Å². The van der Waals surface area contributed by atoms with E-state index >= 15 is 0 Å². The lowest BCUT2D eigenvalue weighted by atomic mass is 10.1. The molecule has 2 aromatic carbocycles. The van der Waals surface area contributed by atoms with Gasteiger partial charge in [-0.05, 0) is 48.9 Å². The molecule has 2 rings (SSSR count). The van der Waals surface area contributed by atoms with Crippen molar-refractivity contribution in [3.05, 3.63) is 64.0 Å². The summed E-state index contributed by atoms with van der Waals surface area (Å²) in [7, 11) is -1.60. The van der Waals surface area contributed by atoms with Gasteiger partial charge in [0.05, 0.1) is 40.1 Å². The average Bonchev–Trinajstić information content (AvgIpc) is 2.62. The fourth-order valence-corrected chi connectivity index (χ4v) is 3.29. The van der Waals surface area contributed by atoms with Gasteiger partial charge in [-0.25, -0.2) is 4.79 Å². The molecule has 0 aliphatic carbocycles. The van der Waals surface area contributed by atoms with E-state index in [0.29, 0.717) is 4.90 Å². The van der Waals surface area contributed by atoms with Crippen LogP contribution < -0.4 is 10.5 Å². The van der Waals surface area contributed by atoms with Gasteiger partial charge in [0.1, 0.15) is 0 Å². The maximum Gasteiger partial charge on any atom is 0.338 e. The van der Waals surface area contributed by atoms with Gasteiger partial charge in [-0.2, -0.15) is 0 Å². The van der Waals surface area contributed by atoms with Crippen LogP contribution in [0.1, 0.15) is 22.8 Å². The number of rotatable bonds is 7. The molecule has 10 heteroatoms. The lowest BCUT2D eigenvalue weighted by Crippen LogP contribution is -2.13. The lowest BCUT2D eigenvalue weighted by Gasteiger charge is -2.25. The van der Waals surface area contributed by atoms with Crippen LogP contribution in [0, 0.1) is 10.4 Å². The average molecular weight is 380 g/mol. The van der Waals surface area contributed by atoms with Crippen molar-refractivity contribution in [1.29, 1.82) is 0 Å². The highest BCUT2D eigenvalue weighted by Gasteiger charge is 2.14. The first-order valence-corrected chi connectivity index (χ1v) is 8.76. The van der Waals surface area contributed by atoms with E-state index < -0.39 is 22.0 Å². The molecule has 1 atom stereocenters. The van der Waals surface area contributed by atoms with Crippen molar-refractivity contribution < 1.29 is 24.2 Å². The van der Waals surface area contributed by atoms with Gasteiger partial charge in [-0.15, -0.1) is 0 Å². The Morgan fingerprint density at radius 3 is 2.31 bits per heavy atom. The molecule has 0 amide bonds. The maximum absolute atomic E-state index is 12.5. The van der Waals surface area contributed by atoms with Crippen molar-refractivity contribution in [1.82, 2.24) is 0 Å². The quantitative estimate of drug-likeness (QED) is 0.548. The molecule has 26 heavy (non-hydrogen) atoms. The van der Waals surface area contributed by atoms with Crippen molar-refractivity contribution in [2.45, 2.75) is 17.6 Å². The van der Waals surface area contributed by atoms with Gasteiger partial charge in [0, 0.05) is 4.90 Å². The van der Waals surface area contributed by atoms with E-state index in [9.17, 15) is 24.6 Å². The van der Waals surface area contributed by atoms with Crippen LogP contribution in [0.4, 0.5) is 11.4 Å². The minimum Gasteiger partial charge on any atom is -0.733 e. The van der Waals surface area contributed by atoms with Gasteiger partial charge in [-0.1, -0.05) is 6.07 Å². The third kappa shape index (κ3) is 4.77. The lowest BCUT2D eigenvalue weighted by molar-refractivity contribution is 0.0526. The molecule has 0 heterocycles. The molecule has 2 aromatic rings. The van der Waals surface area contributed by atoms with Gasteiger partial charge in [0.15, 0.2) is 0 Å². The molecular weight excluding hydrogens is 364 g/mol. The van der Waals surface area contributed by atoms with Gasteiger partial charge >= 0.3 is 5.97 Å². The molecule has 9 nitrogen and oxygen atoms in total. The summed E-state index contributed by atoms with van der Waals surface area (Å²) in [5, 5.41) is 39.5. The number of hydrogen-bond acceptors (Lipinski definition) is 9. The van der Waals surface area contributed by atoms with E-state index in [1.165, 1.54) is 36.4 Å². The Morgan fingerprint density at radius 2 is 1.77 bits per heavy atom. The first kappa shape index (κ1) is 19.8. The fraction of sp³-hybridized carbons (Fsp3) is 0.188. The second kappa shape index (κ2) is 8.74. The number of carbonyl (C=O) groups excluding carboxylic acids is 1. The molecule has 1 unspecified atom stereocenters. The van der Waals surface area contributed by atoms with E-state index in [4.69, 9.17) is 9.94 Å². The van der Waals surface area contributed by atoms with Gasteiger partial charge in [0.2, 0.25) is 0 Å². The van der Waals surface area contributed by atoms with Gasteiger partial charge in [0.25, 0.3) is 0 Å². The van der Waals surface area contributed by atoms with E-state index in [0.717, 1.165) is 6.07 Å². The Kier molecular flexibility index (Phi) is 6.66. The normalized spacial score (nSPS) is 11.7. The van der Waals surface area contributed by atoms with Crippen molar-refractivity contribution in [2.75, 3.05) is 17.1 Å². The minimum atomic E-state index is -1.60.